The van der Waals surface area contributed by atoms with Gasteiger partial charge in [0.25, 0.3) is 0 Å². The molecule has 0 spiro atoms. The summed E-state index contributed by atoms with van der Waals surface area (Å²) in [5.41, 5.74) is 1.54. The van der Waals surface area contributed by atoms with Crippen LogP contribution in [0.25, 0.3) is 0 Å². The van der Waals surface area contributed by atoms with E-state index in [2.05, 4.69) is 33.1 Å². The molecule has 0 bridgehead atoms. The third-order valence-corrected chi connectivity index (χ3v) is 4.88. The fourth-order valence-electron chi connectivity index (χ4n) is 2.52. The Hall–Kier alpha value is -1.82. The SMILES string of the molecule is CN(C)C(=O)CN=C(NCCC1=CCCCC1)NCc1cccs1. The Morgan fingerprint density at radius 3 is 2.88 bits per heavy atom. The Balaban J connectivity index is 1.84. The zero-order chi connectivity index (χ0) is 17.2. The quantitative estimate of drug-likeness (QED) is 0.453. The molecule has 1 amide bonds. The number of rotatable bonds is 7. The van der Waals surface area contributed by atoms with Gasteiger partial charge in [-0.1, -0.05) is 17.7 Å². The second-order valence-electron chi connectivity index (χ2n) is 6.17. The third-order valence-electron chi connectivity index (χ3n) is 4.00. The normalized spacial score (nSPS) is 14.9. The highest BCUT2D eigenvalue weighted by atomic mass is 32.1. The molecule has 1 heterocycles. The first-order chi connectivity index (χ1) is 11.6. The maximum absolute atomic E-state index is 11.8. The van der Waals surface area contributed by atoms with Crippen LogP contribution in [0.5, 0.6) is 0 Å². The van der Waals surface area contributed by atoms with Crippen molar-refractivity contribution in [1.29, 1.82) is 0 Å². The Bertz CT molecular complexity index is 564. The molecular weight excluding hydrogens is 320 g/mol. The van der Waals surface area contributed by atoms with Crippen LogP contribution in [0.15, 0.2) is 34.2 Å². The van der Waals surface area contributed by atoms with Gasteiger partial charge in [0.2, 0.25) is 5.91 Å². The highest BCUT2D eigenvalue weighted by molar-refractivity contribution is 7.09. The molecule has 0 saturated carbocycles. The highest BCUT2D eigenvalue weighted by Gasteiger charge is 2.07. The monoisotopic (exact) mass is 348 g/mol. The average Bonchev–Trinajstić information content (AvgIpc) is 3.10. The van der Waals surface area contributed by atoms with E-state index in [1.165, 1.54) is 36.1 Å². The number of nitrogens with zero attached hydrogens (tertiary/aromatic N) is 2. The predicted molar refractivity (Wildman–Crippen MR) is 101 cm³/mol. The van der Waals surface area contributed by atoms with Crippen molar-refractivity contribution in [2.75, 3.05) is 27.2 Å². The van der Waals surface area contributed by atoms with Crippen LogP contribution in [0.3, 0.4) is 0 Å². The molecular formula is C18H28N4OS. The topological polar surface area (TPSA) is 56.7 Å². The zero-order valence-corrected chi connectivity index (χ0v) is 15.5. The lowest BCUT2D eigenvalue weighted by Gasteiger charge is -2.16. The van der Waals surface area contributed by atoms with E-state index in [-0.39, 0.29) is 12.5 Å². The van der Waals surface area contributed by atoms with Crippen LogP contribution in [-0.4, -0.2) is 44.0 Å². The van der Waals surface area contributed by atoms with Gasteiger partial charge in [-0.15, -0.1) is 11.3 Å². The highest BCUT2D eigenvalue weighted by Crippen LogP contribution is 2.19. The van der Waals surface area contributed by atoms with E-state index in [0.29, 0.717) is 5.96 Å². The molecule has 132 valence electrons. The molecule has 2 rings (SSSR count). The molecule has 6 heteroatoms. The smallest absolute Gasteiger partial charge is 0.243 e. The summed E-state index contributed by atoms with van der Waals surface area (Å²) in [6, 6.07) is 4.13. The molecule has 0 saturated heterocycles. The number of nitrogens with one attached hydrogen (secondary N) is 2. The summed E-state index contributed by atoms with van der Waals surface area (Å²) >= 11 is 1.71. The van der Waals surface area contributed by atoms with Gasteiger partial charge in [-0.2, -0.15) is 0 Å². The van der Waals surface area contributed by atoms with E-state index >= 15 is 0 Å². The van der Waals surface area contributed by atoms with E-state index in [4.69, 9.17) is 0 Å². The van der Waals surface area contributed by atoms with Gasteiger partial charge >= 0.3 is 0 Å². The number of carbonyl (C=O) groups is 1. The van der Waals surface area contributed by atoms with Gasteiger partial charge < -0.3 is 15.5 Å². The first kappa shape index (κ1) is 18.5. The number of hydrogen-bond donors (Lipinski definition) is 2. The molecule has 0 unspecified atom stereocenters. The standard InChI is InChI=1S/C18H28N4OS/c1-22(2)17(23)14-21-18(20-13-16-9-6-12-24-16)19-11-10-15-7-4-3-5-8-15/h6-7,9,12H,3-5,8,10-11,13-14H2,1-2H3,(H2,19,20,21). The van der Waals surface area contributed by atoms with Crippen molar-refractivity contribution in [3.8, 4) is 0 Å². The minimum atomic E-state index is 0.00205. The van der Waals surface area contributed by atoms with Gasteiger partial charge in [-0.05, 0) is 43.6 Å². The van der Waals surface area contributed by atoms with E-state index in [1.54, 1.807) is 30.3 Å². The van der Waals surface area contributed by atoms with Crippen LogP contribution in [-0.2, 0) is 11.3 Å². The molecule has 0 aliphatic heterocycles. The number of likely N-dealkylation sites (N-methyl/N-ethyl adjacent to an activating group) is 1. The molecule has 24 heavy (non-hydrogen) atoms. The Kier molecular flexibility index (Phi) is 7.82. The van der Waals surface area contributed by atoms with Crippen LogP contribution in [0.2, 0.25) is 0 Å². The summed E-state index contributed by atoms with van der Waals surface area (Å²) in [6.07, 6.45) is 8.47. The van der Waals surface area contributed by atoms with Crippen LogP contribution in [0.1, 0.15) is 37.0 Å². The van der Waals surface area contributed by atoms with E-state index in [1.807, 2.05) is 6.07 Å². The van der Waals surface area contributed by atoms with E-state index < -0.39 is 0 Å². The number of hydrogen-bond acceptors (Lipinski definition) is 3. The number of guanidine groups is 1. The maximum atomic E-state index is 11.8. The number of aliphatic imine (C=N–C) groups is 1. The molecule has 0 atom stereocenters. The van der Waals surface area contributed by atoms with Crippen molar-refractivity contribution in [2.45, 2.75) is 38.6 Å². The number of allylic oxidation sites excluding steroid dienone is 1. The summed E-state index contributed by atoms with van der Waals surface area (Å²) in [5.74, 6) is 0.706. The van der Waals surface area contributed by atoms with Crippen molar-refractivity contribution in [3.63, 3.8) is 0 Å². The molecule has 1 aromatic rings. The average molecular weight is 349 g/mol. The first-order valence-electron chi connectivity index (χ1n) is 8.58. The number of thiophene rings is 1. The summed E-state index contributed by atoms with van der Waals surface area (Å²) in [4.78, 5) is 19.0. The van der Waals surface area contributed by atoms with Gasteiger partial charge in [0, 0.05) is 25.5 Å². The lowest BCUT2D eigenvalue weighted by atomic mass is 9.97. The van der Waals surface area contributed by atoms with Crippen molar-refractivity contribution in [1.82, 2.24) is 15.5 Å². The summed E-state index contributed by atoms with van der Waals surface area (Å²) in [7, 11) is 3.50. The largest absolute Gasteiger partial charge is 0.356 e. The molecule has 1 aliphatic rings. The first-order valence-corrected chi connectivity index (χ1v) is 9.46. The minimum absolute atomic E-state index is 0.00205. The summed E-state index contributed by atoms with van der Waals surface area (Å²) < 4.78 is 0. The van der Waals surface area contributed by atoms with Crippen LogP contribution >= 0.6 is 11.3 Å². The summed E-state index contributed by atoms with van der Waals surface area (Å²) in [6.45, 7) is 1.73. The van der Waals surface area contributed by atoms with Crippen molar-refractivity contribution in [3.05, 3.63) is 34.0 Å². The van der Waals surface area contributed by atoms with Gasteiger partial charge in [0.05, 0.1) is 6.54 Å². The molecule has 5 nitrogen and oxygen atoms in total. The third kappa shape index (κ3) is 6.74. The van der Waals surface area contributed by atoms with Crippen LogP contribution < -0.4 is 10.6 Å². The van der Waals surface area contributed by atoms with Crippen LogP contribution in [0, 0.1) is 0 Å². The molecule has 0 radical (unpaired) electrons. The molecule has 2 N–H and O–H groups in total. The Morgan fingerprint density at radius 1 is 1.33 bits per heavy atom. The second-order valence-corrected chi connectivity index (χ2v) is 7.20. The minimum Gasteiger partial charge on any atom is -0.356 e. The molecule has 0 fully saturated rings. The number of amides is 1. The Labute approximate surface area is 148 Å². The Morgan fingerprint density at radius 2 is 2.21 bits per heavy atom. The van der Waals surface area contributed by atoms with Gasteiger partial charge in [0.1, 0.15) is 6.54 Å². The van der Waals surface area contributed by atoms with Gasteiger partial charge in [-0.25, -0.2) is 4.99 Å². The van der Waals surface area contributed by atoms with Gasteiger partial charge in [0.15, 0.2) is 5.96 Å². The zero-order valence-electron chi connectivity index (χ0n) is 14.7. The number of carbonyl (C=O) groups excluding carboxylic acids is 1. The van der Waals surface area contributed by atoms with Crippen molar-refractivity contribution < 1.29 is 4.79 Å². The fourth-order valence-corrected chi connectivity index (χ4v) is 3.16. The lowest BCUT2D eigenvalue weighted by molar-refractivity contribution is -0.127. The van der Waals surface area contributed by atoms with E-state index in [9.17, 15) is 4.79 Å². The fraction of sp³-hybridized carbons (Fsp3) is 0.556. The van der Waals surface area contributed by atoms with Crippen molar-refractivity contribution in [2.24, 2.45) is 4.99 Å². The van der Waals surface area contributed by atoms with E-state index in [0.717, 1.165) is 19.5 Å². The second kappa shape index (κ2) is 10.1. The molecule has 1 aromatic heterocycles. The maximum Gasteiger partial charge on any atom is 0.243 e. The van der Waals surface area contributed by atoms with Gasteiger partial charge in [-0.3, -0.25) is 4.79 Å². The molecule has 0 aromatic carbocycles. The lowest BCUT2D eigenvalue weighted by Crippen LogP contribution is -2.38. The molecule has 1 aliphatic carbocycles. The predicted octanol–water partition coefficient (Wildman–Crippen LogP) is 2.76. The van der Waals surface area contributed by atoms with Crippen molar-refractivity contribution >= 4 is 23.2 Å². The van der Waals surface area contributed by atoms with Crippen LogP contribution in [0.4, 0.5) is 0 Å². The summed E-state index contributed by atoms with van der Waals surface area (Å²) in [5, 5.41) is 8.73.